The topological polar surface area (TPSA) is 89.4 Å². The van der Waals surface area contributed by atoms with Gasteiger partial charge in [-0.15, -0.1) is 5.10 Å². The van der Waals surface area contributed by atoms with Gasteiger partial charge in [0.15, 0.2) is 5.69 Å². The molecule has 9 heteroatoms. The van der Waals surface area contributed by atoms with Gasteiger partial charge in [-0.2, -0.15) is 0 Å². The van der Waals surface area contributed by atoms with Crippen molar-refractivity contribution in [2.45, 2.75) is 18.9 Å². The van der Waals surface area contributed by atoms with Gasteiger partial charge in [0.1, 0.15) is 0 Å². The number of piperidine rings is 1. The number of hydrogen-bond acceptors (Lipinski definition) is 5. The summed E-state index contributed by atoms with van der Waals surface area (Å²) in [7, 11) is 1.57. The summed E-state index contributed by atoms with van der Waals surface area (Å²) in [5.41, 5.74) is 0.823. The number of methoxy groups -OCH3 is 1. The normalized spacial score (nSPS) is 17.0. The molecule has 0 bridgehead atoms. The van der Waals surface area contributed by atoms with Crippen LogP contribution in [-0.2, 0) is 4.74 Å². The van der Waals surface area contributed by atoms with Crippen molar-refractivity contribution >= 4 is 23.4 Å². The van der Waals surface area contributed by atoms with Crippen molar-refractivity contribution in [1.82, 2.24) is 25.2 Å². The summed E-state index contributed by atoms with van der Waals surface area (Å²) in [6.07, 6.45) is 3.35. The van der Waals surface area contributed by atoms with Crippen LogP contribution >= 0.6 is 11.6 Å². The van der Waals surface area contributed by atoms with Gasteiger partial charge in [-0.25, -0.2) is 4.68 Å². The molecule has 8 nitrogen and oxygen atoms in total. The van der Waals surface area contributed by atoms with Crippen LogP contribution in [0.25, 0.3) is 0 Å². The number of hydrogen-bond donors (Lipinski definition) is 1. The molecule has 0 aliphatic carbocycles. The smallest absolute Gasteiger partial charge is 0.273 e. The molecule has 144 valence electrons. The molecule has 1 aromatic carbocycles. The number of carbonyl (C=O) groups is 2. The van der Waals surface area contributed by atoms with E-state index < -0.39 is 0 Å². The lowest BCUT2D eigenvalue weighted by Gasteiger charge is -2.32. The second-order valence-corrected chi connectivity index (χ2v) is 6.83. The van der Waals surface area contributed by atoms with Crippen LogP contribution in [-0.4, -0.2) is 65.1 Å². The third kappa shape index (κ3) is 4.84. The number of nitrogens with one attached hydrogen (secondary N) is 1. The second kappa shape index (κ2) is 8.96. The minimum Gasteiger partial charge on any atom is -0.383 e. The molecule has 1 aliphatic heterocycles. The minimum atomic E-state index is -0.291. The third-order valence-electron chi connectivity index (χ3n) is 4.46. The second-order valence-electron chi connectivity index (χ2n) is 6.39. The number of nitrogens with zero attached hydrogens (tertiary/aromatic N) is 4. The Morgan fingerprint density at radius 1 is 1.41 bits per heavy atom. The van der Waals surface area contributed by atoms with Crippen molar-refractivity contribution in [2.24, 2.45) is 0 Å². The van der Waals surface area contributed by atoms with Crippen LogP contribution in [0.5, 0.6) is 0 Å². The van der Waals surface area contributed by atoms with E-state index in [1.54, 1.807) is 47.2 Å². The predicted molar refractivity (Wildman–Crippen MR) is 99.9 cm³/mol. The maximum atomic E-state index is 12.7. The first-order valence-corrected chi connectivity index (χ1v) is 9.20. The Morgan fingerprint density at radius 3 is 3.04 bits per heavy atom. The molecule has 2 amide bonds. The average molecular weight is 392 g/mol. The van der Waals surface area contributed by atoms with E-state index in [-0.39, 0.29) is 23.6 Å². The van der Waals surface area contributed by atoms with Crippen molar-refractivity contribution in [3.05, 3.63) is 46.7 Å². The van der Waals surface area contributed by atoms with Crippen LogP contribution in [0.2, 0.25) is 5.02 Å². The Morgan fingerprint density at radius 2 is 2.26 bits per heavy atom. The number of halogens is 1. The van der Waals surface area contributed by atoms with Gasteiger partial charge in [0.25, 0.3) is 11.8 Å². The molecule has 2 aromatic rings. The van der Waals surface area contributed by atoms with Gasteiger partial charge in [-0.3, -0.25) is 9.59 Å². The zero-order valence-electron chi connectivity index (χ0n) is 15.1. The molecule has 0 saturated carbocycles. The van der Waals surface area contributed by atoms with Crippen LogP contribution in [0.4, 0.5) is 0 Å². The molecule has 2 heterocycles. The molecule has 1 aromatic heterocycles. The van der Waals surface area contributed by atoms with Crippen LogP contribution in [0.3, 0.4) is 0 Å². The summed E-state index contributed by atoms with van der Waals surface area (Å²) in [5.74, 6) is -0.346. The van der Waals surface area contributed by atoms with Gasteiger partial charge >= 0.3 is 0 Å². The van der Waals surface area contributed by atoms with Crippen LogP contribution in [0, 0.1) is 0 Å². The summed E-state index contributed by atoms with van der Waals surface area (Å²) in [6.45, 7) is 2.04. The summed E-state index contributed by atoms with van der Waals surface area (Å²) in [4.78, 5) is 26.6. The van der Waals surface area contributed by atoms with E-state index in [4.69, 9.17) is 16.3 Å². The standard InChI is InChI=1S/C18H22ClN5O3/c1-27-9-7-20-17(25)16-12-24(22-21-16)15-6-3-8-23(11-15)18(26)13-4-2-5-14(19)10-13/h2,4-5,10,12,15H,3,6-9,11H2,1H3,(H,20,25). The summed E-state index contributed by atoms with van der Waals surface area (Å²) in [6, 6.07) is 6.92. The highest BCUT2D eigenvalue weighted by Gasteiger charge is 2.27. The zero-order valence-corrected chi connectivity index (χ0v) is 15.9. The molecular formula is C18H22ClN5O3. The largest absolute Gasteiger partial charge is 0.383 e. The highest BCUT2D eigenvalue weighted by Crippen LogP contribution is 2.23. The molecule has 1 atom stereocenters. The quantitative estimate of drug-likeness (QED) is 0.758. The molecule has 1 N–H and O–H groups in total. The average Bonchev–Trinajstić information content (AvgIpc) is 3.18. The van der Waals surface area contributed by atoms with Crippen LogP contribution in [0.1, 0.15) is 39.7 Å². The van der Waals surface area contributed by atoms with Gasteiger partial charge in [-0.1, -0.05) is 22.9 Å². The Labute approximate surface area is 162 Å². The van der Waals surface area contributed by atoms with E-state index in [0.29, 0.717) is 36.8 Å². The number of carbonyl (C=O) groups excluding carboxylic acids is 2. The van der Waals surface area contributed by atoms with Crippen molar-refractivity contribution in [3.8, 4) is 0 Å². The lowest BCUT2D eigenvalue weighted by molar-refractivity contribution is 0.0671. The van der Waals surface area contributed by atoms with Crippen LogP contribution < -0.4 is 5.32 Å². The van der Waals surface area contributed by atoms with Gasteiger partial charge in [-0.05, 0) is 31.0 Å². The lowest BCUT2D eigenvalue weighted by Crippen LogP contribution is -2.40. The maximum Gasteiger partial charge on any atom is 0.273 e. The van der Waals surface area contributed by atoms with E-state index in [1.807, 2.05) is 0 Å². The fraction of sp³-hybridized carbons (Fsp3) is 0.444. The van der Waals surface area contributed by atoms with E-state index in [1.165, 1.54) is 0 Å². The maximum absolute atomic E-state index is 12.7. The van der Waals surface area contributed by atoms with Crippen molar-refractivity contribution in [1.29, 1.82) is 0 Å². The van der Waals surface area contributed by atoms with Crippen molar-refractivity contribution in [2.75, 3.05) is 33.4 Å². The Hall–Kier alpha value is -2.45. The Balaban J connectivity index is 1.64. The minimum absolute atomic E-state index is 0.0186. The zero-order chi connectivity index (χ0) is 19.2. The highest BCUT2D eigenvalue weighted by molar-refractivity contribution is 6.30. The van der Waals surface area contributed by atoms with Gasteiger partial charge in [0.2, 0.25) is 0 Å². The number of likely N-dealkylation sites (tertiary alicyclic amines) is 1. The highest BCUT2D eigenvalue weighted by atomic mass is 35.5. The molecule has 1 fully saturated rings. The van der Waals surface area contributed by atoms with Gasteiger partial charge < -0.3 is 15.0 Å². The van der Waals surface area contributed by atoms with Crippen molar-refractivity contribution < 1.29 is 14.3 Å². The Kier molecular flexibility index (Phi) is 6.41. The molecular weight excluding hydrogens is 370 g/mol. The fourth-order valence-corrected chi connectivity index (χ4v) is 3.27. The first kappa shape index (κ1) is 19.3. The van der Waals surface area contributed by atoms with E-state index in [0.717, 1.165) is 12.8 Å². The van der Waals surface area contributed by atoms with Gasteiger partial charge in [0, 0.05) is 37.3 Å². The Bertz CT molecular complexity index is 810. The predicted octanol–water partition coefficient (Wildman–Crippen LogP) is 1.78. The molecule has 3 rings (SSSR count). The van der Waals surface area contributed by atoms with E-state index in [2.05, 4.69) is 15.6 Å². The number of ether oxygens (including phenoxy) is 1. The molecule has 27 heavy (non-hydrogen) atoms. The number of aromatic nitrogens is 3. The first-order valence-electron chi connectivity index (χ1n) is 8.82. The molecule has 0 spiro atoms. The molecule has 1 saturated heterocycles. The lowest BCUT2D eigenvalue weighted by atomic mass is 10.0. The van der Waals surface area contributed by atoms with E-state index >= 15 is 0 Å². The monoisotopic (exact) mass is 391 g/mol. The number of rotatable bonds is 6. The molecule has 1 aliphatic rings. The SMILES string of the molecule is COCCNC(=O)c1cn(C2CCCN(C(=O)c3cccc(Cl)c3)C2)nn1. The van der Waals surface area contributed by atoms with Crippen LogP contribution in [0.15, 0.2) is 30.5 Å². The van der Waals surface area contributed by atoms with Gasteiger partial charge in [0.05, 0.1) is 18.8 Å². The van der Waals surface area contributed by atoms with Crippen molar-refractivity contribution in [3.63, 3.8) is 0 Å². The summed E-state index contributed by atoms with van der Waals surface area (Å²) in [5, 5.41) is 11.3. The molecule has 0 radical (unpaired) electrons. The van der Waals surface area contributed by atoms with E-state index in [9.17, 15) is 9.59 Å². The molecule has 1 unspecified atom stereocenters. The third-order valence-corrected chi connectivity index (χ3v) is 4.70. The summed E-state index contributed by atoms with van der Waals surface area (Å²) < 4.78 is 6.57. The number of benzene rings is 1. The number of amides is 2. The first-order chi connectivity index (χ1) is 13.1. The summed E-state index contributed by atoms with van der Waals surface area (Å²) >= 11 is 5.99. The fourth-order valence-electron chi connectivity index (χ4n) is 3.08.